The first kappa shape index (κ1) is 35.5. The lowest BCUT2D eigenvalue weighted by molar-refractivity contribution is 0.0575. The van der Waals surface area contributed by atoms with E-state index in [4.69, 9.17) is 14.1 Å². The number of nitrogens with zero attached hydrogens (tertiary/aromatic N) is 5. The Bertz CT molecular complexity index is 1730. The lowest BCUT2D eigenvalue weighted by Gasteiger charge is -2.39. The number of carbonyl (C=O) groups is 1. The molecule has 1 amide bonds. The smallest absolute Gasteiger partial charge is 0.414 e. The van der Waals surface area contributed by atoms with Gasteiger partial charge in [-0.05, 0) is 107 Å². The van der Waals surface area contributed by atoms with Gasteiger partial charge in [-0.3, -0.25) is 9.80 Å². The van der Waals surface area contributed by atoms with E-state index in [9.17, 15) is 10.1 Å². The fourth-order valence-electron chi connectivity index (χ4n) is 5.82. The minimum absolute atomic E-state index is 0.0185. The normalized spacial score (nSPS) is 18.1. The third-order valence-corrected chi connectivity index (χ3v) is 14.4. The van der Waals surface area contributed by atoms with Gasteiger partial charge in [-0.2, -0.15) is 5.26 Å². The van der Waals surface area contributed by atoms with Gasteiger partial charge in [0, 0.05) is 48.6 Å². The van der Waals surface area contributed by atoms with Gasteiger partial charge in [0.25, 0.3) is 0 Å². The van der Waals surface area contributed by atoms with Crippen molar-refractivity contribution >= 4 is 31.7 Å². The first-order valence-corrected chi connectivity index (χ1v) is 19.8. The van der Waals surface area contributed by atoms with Crippen LogP contribution in [0, 0.1) is 18.3 Å². The lowest BCUT2D eigenvalue weighted by Crippen LogP contribution is -2.46. The maximum atomic E-state index is 13.6. The second kappa shape index (κ2) is 12.9. The van der Waals surface area contributed by atoms with Gasteiger partial charge in [0.05, 0.1) is 16.9 Å². The van der Waals surface area contributed by atoms with Crippen molar-refractivity contribution in [2.45, 2.75) is 110 Å². The molecule has 1 N–H and O–H groups in total. The molecule has 1 atom stereocenters. The Morgan fingerprint density at radius 3 is 2.48 bits per heavy atom. The predicted octanol–water partition coefficient (Wildman–Crippen LogP) is 8.70. The van der Waals surface area contributed by atoms with E-state index < -0.39 is 25.4 Å². The Morgan fingerprint density at radius 1 is 1.15 bits per heavy atom. The minimum Gasteiger partial charge on any atom is -0.443 e. The maximum absolute atomic E-state index is 13.6. The highest BCUT2D eigenvalue weighted by Crippen LogP contribution is 2.47. The fourth-order valence-corrected chi connectivity index (χ4v) is 6.93. The molecule has 2 heterocycles. The van der Waals surface area contributed by atoms with Crippen LogP contribution in [-0.2, 0) is 21.1 Å². The molecule has 1 aliphatic carbocycles. The number of ether oxygens (including phenoxy) is 1. The summed E-state index contributed by atoms with van der Waals surface area (Å²) in [5.74, 6) is 0.474. The number of aryl methyl sites for hydroxylation is 1. The Morgan fingerprint density at radius 2 is 1.85 bits per heavy atom. The quantitative estimate of drug-likeness (QED) is 0.226. The highest BCUT2D eigenvalue weighted by Gasteiger charge is 2.47. The summed E-state index contributed by atoms with van der Waals surface area (Å²) in [7, 11) is 0.0570. The van der Waals surface area contributed by atoms with Gasteiger partial charge in [-0.1, -0.05) is 39.8 Å². The summed E-state index contributed by atoms with van der Waals surface area (Å²) in [6, 6.07) is 15.3. The van der Waals surface area contributed by atoms with Crippen molar-refractivity contribution < 1.29 is 14.0 Å². The molecular weight excluding hydrogens is 617 g/mol. The van der Waals surface area contributed by atoms with E-state index in [0.717, 1.165) is 28.9 Å². The Kier molecular flexibility index (Phi) is 9.56. The van der Waals surface area contributed by atoms with Crippen molar-refractivity contribution in [3.63, 3.8) is 0 Å². The van der Waals surface area contributed by atoms with Crippen molar-refractivity contribution in [2.24, 2.45) is 0 Å². The molecule has 1 aromatic heterocycles. The van der Waals surface area contributed by atoms with Crippen LogP contribution in [0.3, 0.4) is 0 Å². The summed E-state index contributed by atoms with van der Waals surface area (Å²) in [4.78, 5) is 27.1. The van der Waals surface area contributed by atoms with Gasteiger partial charge in [0.1, 0.15) is 11.7 Å². The standard InChI is InChI=1S/C38H52N6O3Si/c1-25-12-13-26(22-43(9)29-14-15-29)18-32(25)42-34-40-17-16-31(41-34)27-19-28(21-39)33-30(20-27)38(8,24-46-48(10,11)37(5,6)7)23-44(33)35(45)47-36(2,3)4/h12-13,16-20,29H,14-15,22-24H2,1-11H3,(H,40,41,42)/t38-/m1/s1. The van der Waals surface area contributed by atoms with Crippen molar-refractivity contribution in [1.29, 1.82) is 5.26 Å². The molecule has 3 aromatic rings. The summed E-state index contributed by atoms with van der Waals surface area (Å²) in [5.41, 5.74) is 5.33. The predicted molar refractivity (Wildman–Crippen MR) is 195 cm³/mol. The molecule has 1 aliphatic heterocycles. The van der Waals surface area contributed by atoms with Crippen LogP contribution >= 0.6 is 0 Å². The molecule has 0 spiro atoms. The number of nitrogens with one attached hydrogen (secondary N) is 1. The van der Waals surface area contributed by atoms with Crippen LogP contribution in [0.25, 0.3) is 11.3 Å². The zero-order chi connectivity index (χ0) is 35.2. The first-order chi connectivity index (χ1) is 22.3. The van der Waals surface area contributed by atoms with Gasteiger partial charge >= 0.3 is 6.09 Å². The second-order valence-electron chi connectivity index (χ2n) is 16.4. The Hall–Kier alpha value is -3.78. The highest BCUT2D eigenvalue weighted by molar-refractivity contribution is 6.74. The molecule has 2 aliphatic rings. The molecule has 0 unspecified atom stereocenters. The zero-order valence-corrected chi connectivity index (χ0v) is 31.6. The van der Waals surface area contributed by atoms with Gasteiger partial charge in [-0.25, -0.2) is 14.8 Å². The van der Waals surface area contributed by atoms with Gasteiger partial charge in [-0.15, -0.1) is 0 Å². The number of anilines is 3. The summed E-state index contributed by atoms with van der Waals surface area (Å²) < 4.78 is 12.6. The van der Waals surface area contributed by atoms with Gasteiger partial charge < -0.3 is 14.5 Å². The molecule has 256 valence electrons. The van der Waals surface area contributed by atoms with Crippen LogP contribution in [0.15, 0.2) is 42.6 Å². The average molecular weight is 669 g/mol. The topological polar surface area (TPSA) is 104 Å². The van der Waals surface area contributed by atoms with Crippen LogP contribution in [-0.4, -0.2) is 61.1 Å². The minimum atomic E-state index is -2.12. The Labute approximate surface area is 287 Å². The second-order valence-corrected chi connectivity index (χ2v) is 21.2. The number of amides is 1. The number of hydrogen-bond donors (Lipinski definition) is 1. The van der Waals surface area contributed by atoms with Gasteiger partial charge in [0.15, 0.2) is 8.32 Å². The van der Waals surface area contributed by atoms with Crippen LogP contribution in [0.4, 0.5) is 22.1 Å². The first-order valence-electron chi connectivity index (χ1n) is 16.9. The summed E-state index contributed by atoms with van der Waals surface area (Å²) in [6.45, 7) is 22.5. The lowest BCUT2D eigenvalue weighted by atomic mass is 9.83. The van der Waals surface area contributed by atoms with E-state index in [1.165, 1.54) is 18.4 Å². The van der Waals surface area contributed by atoms with Crippen LogP contribution in [0.1, 0.15) is 83.6 Å². The molecule has 9 nitrogen and oxygen atoms in total. The Balaban J connectivity index is 1.51. The number of benzene rings is 2. The molecular formula is C38H52N6O3Si. The molecule has 10 heteroatoms. The third-order valence-electron chi connectivity index (χ3n) is 9.93. The van der Waals surface area contributed by atoms with E-state index in [0.29, 0.717) is 42.1 Å². The average Bonchev–Trinajstić information content (AvgIpc) is 3.80. The molecule has 0 saturated heterocycles. The zero-order valence-electron chi connectivity index (χ0n) is 30.6. The van der Waals surface area contributed by atoms with E-state index in [-0.39, 0.29) is 5.04 Å². The molecule has 2 aromatic carbocycles. The van der Waals surface area contributed by atoms with E-state index >= 15 is 0 Å². The molecule has 0 bridgehead atoms. The summed E-state index contributed by atoms with van der Waals surface area (Å²) in [6.07, 6.45) is 3.80. The maximum Gasteiger partial charge on any atom is 0.414 e. The SMILES string of the molecule is Cc1ccc(CN(C)C2CC2)cc1Nc1nccc(-c2cc(C#N)c3c(c2)[C@@](C)(CO[Si](C)(C)C(C)(C)C)CN3C(=O)OC(C)(C)C)n1. The monoisotopic (exact) mass is 668 g/mol. The largest absolute Gasteiger partial charge is 0.443 e. The van der Waals surface area contributed by atoms with Crippen molar-refractivity contribution in [1.82, 2.24) is 14.9 Å². The highest BCUT2D eigenvalue weighted by atomic mass is 28.4. The number of nitriles is 1. The van der Waals surface area contributed by atoms with Crippen LogP contribution < -0.4 is 10.2 Å². The van der Waals surface area contributed by atoms with E-state index in [2.05, 4.69) is 100 Å². The number of hydrogen-bond acceptors (Lipinski definition) is 8. The number of rotatable bonds is 9. The number of aromatic nitrogens is 2. The fraction of sp³-hybridized carbons (Fsp3) is 0.526. The molecule has 0 radical (unpaired) electrons. The number of carbonyl (C=O) groups excluding carboxylic acids is 1. The van der Waals surface area contributed by atoms with Crippen LogP contribution in [0.5, 0.6) is 0 Å². The third kappa shape index (κ3) is 7.75. The number of fused-ring (bicyclic) bond motifs is 1. The van der Waals surface area contributed by atoms with Crippen molar-refractivity contribution in [3.8, 4) is 17.3 Å². The van der Waals surface area contributed by atoms with Crippen LogP contribution in [0.2, 0.25) is 18.1 Å². The van der Waals surface area contributed by atoms with Crippen molar-refractivity contribution in [3.05, 3.63) is 64.8 Å². The van der Waals surface area contributed by atoms with Gasteiger partial charge in [0.2, 0.25) is 5.95 Å². The summed E-state index contributed by atoms with van der Waals surface area (Å²) >= 11 is 0. The van der Waals surface area contributed by atoms with Crippen molar-refractivity contribution in [2.75, 3.05) is 30.4 Å². The van der Waals surface area contributed by atoms with E-state index in [1.54, 1.807) is 11.1 Å². The molecule has 1 saturated carbocycles. The summed E-state index contributed by atoms with van der Waals surface area (Å²) in [5, 5.41) is 13.9. The molecule has 5 rings (SSSR count). The molecule has 1 fully saturated rings. The molecule has 48 heavy (non-hydrogen) atoms. The van der Waals surface area contributed by atoms with E-state index in [1.807, 2.05) is 32.9 Å².